The fourth-order valence-corrected chi connectivity index (χ4v) is 1.70. The first-order valence-electron chi connectivity index (χ1n) is 5.93. The number of anilines is 2. The van der Waals surface area contributed by atoms with Gasteiger partial charge in [-0.2, -0.15) is 13.2 Å². The monoisotopic (exact) mass is 292 g/mol. The van der Waals surface area contributed by atoms with Crippen molar-refractivity contribution in [3.05, 3.63) is 22.2 Å². The van der Waals surface area contributed by atoms with Crippen LogP contribution >= 0.6 is 0 Å². The van der Waals surface area contributed by atoms with E-state index < -0.39 is 23.3 Å². The van der Waals surface area contributed by atoms with Crippen LogP contribution in [0.5, 0.6) is 0 Å². The zero-order chi connectivity index (χ0) is 15.3. The lowest BCUT2D eigenvalue weighted by Crippen LogP contribution is -2.36. The summed E-state index contributed by atoms with van der Waals surface area (Å²) in [7, 11) is 1.53. The predicted molar refractivity (Wildman–Crippen MR) is 69.0 cm³/mol. The van der Waals surface area contributed by atoms with Gasteiger partial charge in [-0.15, -0.1) is 0 Å². The molecule has 1 N–H and O–H groups in total. The number of halogens is 3. The Morgan fingerprint density at radius 3 is 2.55 bits per heavy atom. The average molecular weight is 292 g/mol. The third-order valence-electron chi connectivity index (χ3n) is 2.47. The molecule has 0 unspecified atom stereocenters. The maximum atomic E-state index is 12.6. The van der Waals surface area contributed by atoms with E-state index in [9.17, 15) is 23.3 Å². The molecule has 112 valence electrons. The molecule has 1 aromatic rings. The molecule has 6 nitrogen and oxygen atoms in total. The lowest BCUT2D eigenvalue weighted by molar-refractivity contribution is -0.384. The minimum atomic E-state index is -4.46. The van der Waals surface area contributed by atoms with Crippen LogP contribution < -0.4 is 10.2 Å². The summed E-state index contributed by atoms with van der Waals surface area (Å²) < 4.78 is 37.7. The molecule has 0 radical (unpaired) electrons. The van der Waals surface area contributed by atoms with E-state index in [-0.39, 0.29) is 18.2 Å². The highest BCUT2D eigenvalue weighted by Gasteiger charge is 2.33. The van der Waals surface area contributed by atoms with E-state index in [2.05, 4.69) is 10.3 Å². The summed E-state index contributed by atoms with van der Waals surface area (Å²) in [5.41, 5.74) is -0.443. The van der Waals surface area contributed by atoms with Gasteiger partial charge in [-0.1, -0.05) is 6.92 Å². The minimum Gasteiger partial charge on any atom is -0.373 e. The summed E-state index contributed by atoms with van der Waals surface area (Å²) in [5.74, 6) is -0.00472. The number of aromatic nitrogens is 1. The van der Waals surface area contributed by atoms with Crippen LogP contribution in [0.15, 0.2) is 12.1 Å². The molecule has 0 spiro atoms. The SMILES string of the molecule is CCCN(CC(F)(F)F)c1nc(NC)ccc1[N+](=O)[O-]. The van der Waals surface area contributed by atoms with Gasteiger partial charge < -0.3 is 10.2 Å². The van der Waals surface area contributed by atoms with E-state index in [1.807, 2.05) is 0 Å². The first-order chi connectivity index (χ1) is 9.28. The third-order valence-corrected chi connectivity index (χ3v) is 2.47. The highest BCUT2D eigenvalue weighted by molar-refractivity contribution is 5.61. The number of hydrogen-bond donors (Lipinski definition) is 1. The van der Waals surface area contributed by atoms with Gasteiger partial charge in [0.15, 0.2) is 0 Å². The van der Waals surface area contributed by atoms with E-state index in [1.165, 1.54) is 13.1 Å². The molecule has 0 aromatic carbocycles. The van der Waals surface area contributed by atoms with Gasteiger partial charge in [0.05, 0.1) is 4.92 Å². The Balaban J connectivity index is 3.25. The van der Waals surface area contributed by atoms with Crippen molar-refractivity contribution in [2.75, 3.05) is 30.4 Å². The van der Waals surface area contributed by atoms with Crippen LogP contribution in [-0.4, -0.2) is 36.2 Å². The predicted octanol–water partition coefficient (Wildman–Crippen LogP) is 2.81. The van der Waals surface area contributed by atoms with Gasteiger partial charge in [0.1, 0.15) is 12.4 Å². The van der Waals surface area contributed by atoms with E-state index in [4.69, 9.17) is 0 Å². The summed E-state index contributed by atoms with van der Waals surface area (Å²) in [6.45, 7) is 0.444. The van der Waals surface area contributed by atoms with Crippen molar-refractivity contribution < 1.29 is 18.1 Å². The molecular formula is C11H15F3N4O2. The van der Waals surface area contributed by atoms with Gasteiger partial charge >= 0.3 is 11.9 Å². The second kappa shape index (κ2) is 6.40. The van der Waals surface area contributed by atoms with Crippen molar-refractivity contribution >= 4 is 17.3 Å². The maximum absolute atomic E-state index is 12.6. The quantitative estimate of drug-likeness (QED) is 0.645. The van der Waals surface area contributed by atoms with E-state index in [0.29, 0.717) is 6.42 Å². The van der Waals surface area contributed by atoms with Crippen LogP contribution in [0.25, 0.3) is 0 Å². The Bertz CT molecular complexity index is 479. The molecule has 0 amide bonds. The molecule has 1 rings (SSSR count). The smallest absolute Gasteiger partial charge is 0.373 e. The minimum absolute atomic E-state index is 0.0283. The Morgan fingerprint density at radius 1 is 1.45 bits per heavy atom. The Morgan fingerprint density at radius 2 is 2.10 bits per heavy atom. The van der Waals surface area contributed by atoms with E-state index in [1.54, 1.807) is 6.92 Å². The molecule has 0 aliphatic rings. The van der Waals surface area contributed by atoms with Crippen LogP contribution in [0, 0.1) is 10.1 Å². The molecule has 0 aliphatic heterocycles. The lowest BCUT2D eigenvalue weighted by Gasteiger charge is -2.24. The molecule has 1 heterocycles. The molecule has 0 aliphatic carbocycles. The number of nitro groups is 1. The molecule has 1 aromatic heterocycles. The van der Waals surface area contributed by atoms with Crippen molar-refractivity contribution in [3.63, 3.8) is 0 Å². The van der Waals surface area contributed by atoms with Crippen LogP contribution in [-0.2, 0) is 0 Å². The summed E-state index contributed by atoms with van der Waals surface area (Å²) in [6.07, 6.45) is -4.04. The molecule has 0 bridgehead atoms. The molecule has 0 fully saturated rings. The maximum Gasteiger partial charge on any atom is 0.405 e. The molecule has 20 heavy (non-hydrogen) atoms. The number of nitrogens with one attached hydrogen (secondary N) is 1. The summed E-state index contributed by atoms with van der Waals surface area (Å²) in [5, 5.41) is 13.6. The van der Waals surface area contributed by atoms with Crippen molar-refractivity contribution in [1.82, 2.24) is 4.98 Å². The molecule has 0 saturated heterocycles. The topological polar surface area (TPSA) is 71.3 Å². The van der Waals surface area contributed by atoms with Gasteiger partial charge in [0.2, 0.25) is 5.82 Å². The van der Waals surface area contributed by atoms with Crippen LogP contribution in [0.2, 0.25) is 0 Å². The molecule has 0 saturated carbocycles. The Kier molecular flexibility index (Phi) is 5.12. The fraction of sp³-hybridized carbons (Fsp3) is 0.545. The zero-order valence-electron chi connectivity index (χ0n) is 11.1. The summed E-state index contributed by atoms with van der Waals surface area (Å²) >= 11 is 0. The van der Waals surface area contributed by atoms with Gasteiger partial charge in [-0.05, 0) is 12.5 Å². The average Bonchev–Trinajstić information content (AvgIpc) is 2.35. The fourth-order valence-electron chi connectivity index (χ4n) is 1.70. The Hall–Kier alpha value is -2.06. The summed E-state index contributed by atoms with van der Waals surface area (Å²) in [6, 6.07) is 2.49. The van der Waals surface area contributed by atoms with Crippen molar-refractivity contribution in [2.45, 2.75) is 19.5 Å². The second-order valence-electron chi connectivity index (χ2n) is 4.08. The third kappa shape index (κ3) is 4.25. The van der Waals surface area contributed by atoms with E-state index in [0.717, 1.165) is 11.0 Å². The number of rotatable bonds is 6. The van der Waals surface area contributed by atoms with Crippen LogP contribution in [0.4, 0.5) is 30.5 Å². The summed E-state index contributed by atoms with van der Waals surface area (Å²) in [4.78, 5) is 15.0. The Labute approximate surface area is 113 Å². The first-order valence-corrected chi connectivity index (χ1v) is 5.93. The lowest BCUT2D eigenvalue weighted by atomic mass is 10.3. The highest BCUT2D eigenvalue weighted by Crippen LogP contribution is 2.30. The molecule has 9 heteroatoms. The number of alkyl halides is 3. The van der Waals surface area contributed by atoms with Crippen molar-refractivity contribution in [1.29, 1.82) is 0 Å². The standard InChI is InChI=1S/C11H15F3N4O2/c1-3-6-17(7-11(12,13)14)10-8(18(19)20)4-5-9(15-2)16-10/h4-5H,3,6-7H2,1-2H3,(H,15,16). The zero-order valence-corrected chi connectivity index (χ0v) is 11.1. The van der Waals surface area contributed by atoms with Crippen molar-refractivity contribution in [3.8, 4) is 0 Å². The van der Waals surface area contributed by atoms with E-state index >= 15 is 0 Å². The van der Waals surface area contributed by atoms with Gasteiger partial charge in [0, 0.05) is 19.7 Å². The normalized spacial score (nSPS) is 11.2. The second-order valence-corrected chi connectivity index (χ2v) is 4.08. The number of pyridine rings is 1. The van der Waals surface area contributed by atoms with Gasteiger partial charge in [-0.25, -0.2) is 4.98 Å². The molecule has 0 atom stereocenters. The number of hydrogen-bond acceptors (Lipinski definition) is 5. The van der Waals surface area contributed by atoms with Crippen LogP contribution in [0.1, 0.15) is 13.3 Å². The van der Waals surface area contributed by atoms with Crippen LogP contribution in [0.3, 0.4) is 0 Å². The largest absolute Gasteiger partial charge is 0.405 e. The highest BCUT2D eigenvalue weighted by atomic mass is 19.4. The van der Waals surface area contributed by atoms with Crippen molar-refractivity contribution in [2.24, 2.45) is 0 Å². The first kappa shape index (κ1) is 16.0. The number of nitrogens with zero attached hydrogens (tertiary/aromatic N) is 3. The van der Waals surface area contributed by atoms with Gasteiger partial charge in [0.25, 0.3) is 0 Å². The molecular weight excluding hydrogens is 277 g/mol. The van der Waals surface area contributed by atoms with Gasteiger partial charge in [-0.3, -0.25) is 10.1 Å².